The second kappa shape index (κ2) is 7.49. The second-order valence-corrected chi connectivity index (χ2v) is 6.42. The van der Waals surface area contributed by atoms with Crippen molar-refractivity contribution < 1.29 is 4.79 Å². The number of nitrogens with one attached hydrogen (secondary N) is 2. The Bertz CT molecular complexity index is 286. The number of hydrogen-bond acceptors (Lipinski definition) is 2. The van der Waals surface area contributed by atoms with Crippen LogP contribution in [-0.4, -0.2) is 24.0 Å². The van der Waals surface area contributed by atoms with E-state index in [-0.39, 0.29) is 18.3 Å². The minimum Gasteiger partial charge on any atom is -0.353 e. The van der Waals surface area contributed by atoms with E-state index < -0.39 is 0 Å². The molecule has 2 rings (SSSR count). The highest BCUT2D eigenvalue weighted by atomic mass is 35.5. The SMILES string of the molecule is CCC(C)C(C)NC(=O)CC1CC2CCC(C1)N2.Cl. The van der Waals surface area contributed by atoms with Crippen molar-refractivity contribution in [2.45, 2.75) is 77.4 Å². The molecule has 0 saturated carbocycles. The van der Waals surface area contributed by atoms with E-state index in [1.54, 1.807) is 0 Å². The van der Waals surface area contributed by atoms with E-state index in [1.807, 2.05) is 0 Å². The minimum absolute atomic E-state index is 0. The predicted octanol–water partition coefficient (Wildman–Crippen LogP) is 2.88. The van der Waals surface area contributed by atoms with Gasteiger partial charge in [0.1, 0.15) is 0 Å². The van der Waals surface area contributed by atoms with Gasteiger partial charge < -0.3 is 10.6 Å². The average molecular weight is 289 g/mol. The Morgan fingerprint density at radius 2 is 1.84 bits per heavy atom. The lowest BCUT2D eigenvalue weighted by Gasteiger charge is -2.29. The van der Waals surface area contributed by atoms with Crippen LogP contribution in [0.1, 0.15) is 59.3 Å². The Hall–Kier alpha value is -0.280. The van der Waals surface area contributed by atoms with Crippen LogP contribution in [0.4, 0.5) is 0 Å². The molecule has 2 bridgehead atoms. The zero-order valence-corrected chi connectivity index (χ0v) is 13.3. The van der Waals surface area contributed by atoms with Gasteiger partial charge in [-0.1, -0.05) is 20.3 Å². The summed E-state index contributed by atoms with van der Waals surface area (Å²) in [5.74, 6) is 1.43. The van der Waals surface area contributed by atoms with Crippen LogP contribution in [0.25, 0.3) is 0 Å². The van der Waals surface area contributed by atoms with Crippen molar-refractivity contribution in [3.05, 3.63) is 0 Å². The molecule has 2 saturated heterocycles. The molecule has 2 aliphatic rings. The molecule has 0 radical (unpaired) electrons. The monoisotopic (exact) mass is 288 g/mol. The molecule has 4 atom stereocenters. The molecule has 4 heteroatoms. The summed E-state index contributed by atoms with van der Waals surface area (Å²) in [6.07, 6.45) is 6.87. The number of halogens is 1. The standard InChI is InChI=1S/C15H28N2O.ClH/c1-4-10(2)11(3)16-15(18)9-12-7-13-5-6-14(8-12)17-13;/h10-14,17H,4-9H2,1-3H3,(H,16,18);1H. The second-order valence-electron chi connectivity index (χ2n) is 6.42. The van der Waals surface area contributed by atoms with Gasteiger partial charge in [0.25, 0.3) is 0 Å². The molecule has 2 heterocycles. The number of fused-ring (bicyclic) bond motifs is 2. The maximum atomic E-state index is 12.0. The molecule has 0 aromatic carbocycles. The van der Waals surface area contributed by atoms with Crippen LogP contribution in [0, 0.1) is 11.8 Å². The Morgan fingerprint density at radius 3 is 2.37 bits per heavy atom. The number of hydrogen-bond donors (Lipinski definition) is 2. The quantitative estimate of drug-likeness (QED) is 0.817. The zero-order valence-electron chi connectivity index (χ0n) is 12.4. The average Bonchev–Trinajstić information content (AvgIpc) is 2.67. The van der Waals surface area contributed by atoms with E-state index in [4.69, 9.17) is 0 Å². The van der Waals surface area contributed by atoms with Crippen molar-refractivity contribution >= 4 is 18.3 Å². The predicted molar refractivity (Wildman–Crippen MR) is 81.6 cm³/mol. The van der Waals surface area contributed by atoms with Crippen molar-refractivity contribution in [1.29, 1.82) is 0 Å². The van der Waals surface area contributed by atoms with Gasteiger partial charge in [-0.15, -0.1) is 12.4 Å². The van der Waals surface area contributed by atoms with E-state index >= 15 is 0 Å². The molecule has 19 heavy (non-hydrogen) atoms. The Labute approximate surface area is 123 Å². The normalized spacial score (nSPS) is 32.3. The highest BCUT2D eigenvalue weighted by Crippen LogP contribution is 2.32. The summed E-state index contributed by atoms with van der Waals surface area (Å²) in [6, 6.07) is 1.68. The van der Waals surface area contributed by atoms with Crippen LogP contribution in [0.3, 0.4) is 0 Å². The largest absolute Gasteiger partial charge is 0.353 e. The highest BCUT2D eigenvalue weighted by Gasteiger charge is 2.34. The molecule has 0 spiro atoms. The molecule has 2 aliphatic heterocycles. The van der Waals surface area contributed by atoms with Crippen molar-refractivity contribution in [2.24, 2.45) is 11.8 Å². The minimum atomic E-state index is 0. The third-order valence-electron chi connectivity index (χ3n) is 4.93. The van der Waals surface area contributed by atoms with Gasteiger partial charge in [0.05, 0.1) is 0 Å². The molecular weight excluding hydrogens is 260 g/mol. The summed E-state index contributed by atoms with van der Waals surface area (Å²) in [7, 11) is 0. The topological polar surface area (TPSA) is 41.1 Å². The third-order valence-corrected chi connectivity index (χ3v) is 4.93. The first-order chi connectivity index (χ1) is 8.58. The highest BCUT2D eigenvalue weighted by molar-refractivity contribution is 5.85. The van der Waals surface area contributed by atoms with E-state index in [0.717, 1.165) is 12.8 Å². The van der Waals surface area contributed by atoms with Crippen molar-refractivity contribution in [3.8, 4) is 0 Å². The zero-order chi connectivity index (χ0) is 13.1. The van der Waals surface area contributed by atoms with Gasteiger partial charge in [-0.3, -0.25) is 4.79 Å². The summed E-state index contributed by atoms with van der Waals surface area (Å²) < 4.78 is 0. The molecule has 112 valence electrons. The molecule has 0 aromatic rings. The Kier molecular flexibility index (Phi) is 6.61. The van der Waals surface area contributed by atoms with Gasteiger partial charge in [0, 0.05) is 24.5 Å². The maximum absolute atomic E-state index is 12.0. The van der Waals surface area contributed by atoms with Gasteiger partial charge in [-0.2, -0.15) is 0 Å². The molecular formula is C15H29ClN2O. The van der Waals surface area contributed by atoms with Crippen molar-refractivity contribution in [2.75, 3.05) is 0 Å². The number of carbonyl (C=O) groups is 1. The van der Waals surface area contributed by atoms with Crippen LogP contribution >= 0.6 is 12.4 Å². The van der Waals surface area contributed by atoms with Crippen LogP contribution in [-0.2, 0) is 4.79 Å². The third kappa shape index (κ3) is 4.64. The van der Waals surface area contributed by atoms with Crippen LogP contribution in [0.15, 0.2) is 0 Å². The van der Waals surface area contributed by atoms with Crippen LogP contribution in [0.2, 0.25) is 0 Å². The van der Waals surface area contributed by atoms with Crippen LogP contribution in [0.5, 0.6) is 0 Å². The summed E-state index contributed by atoms with van der Waals surface area (Å²) in [4.78, 5) is 12.0. The lowest BCUT2D eigenvalue weighted by molar-refractivity contribution is -0.123. The van der Waals surface area contributed by atoms with Gasteiger partial charge >= 0.3 is 0 Å². The number of amides is 1. The lowest BCUT2D eigenvalue weighted by Crippen LogP contribution is -2.42. The maximum Gasteiger partial charge on any atom is 0.220 e. The van der Waals surface area contributed by atoms with Gasteiger partial charge in [-0.05, 0) is 44.4 Å². The van der Waals surface area contributed by atoms with Gasteiger partial charge in [-0.25, -0.2) is 0 Å². The summed E-state index contributed by atoms with van der Waals surface area (Å²) in [5.41, 5.74) is 0. The first-order valence-electron chi connectivity index (χ1n) is 7.63. The van der Waals surface area contributed by atoms with E-state index in [0.29, 0.717) is 30.0 Å². The smallest absolute Gasteiger partial charge is 0.220 e. The summed E-state index contributed by atoms with van der Waals surface area (Å²) in [6.45, 7) is 6.51. The number of piperidine rings is 1. The number of rotatable bonds is 5. The van der Waals surface area contributed by atoms with Crippen molar-refractivity contribution in [1.82, 2.24) is 10.6 Å². The Morgan fingerprint density at radius 1 is 1.26 bits per heavy atom. The van der Waals surface area contributed by atoms with Crippen molar-refractivity contribution in [3.63, 3.8) is 0 Å². The van der Waals surface area contributed by atoms with Crippen LogP contribution < -0.4 is 10.6 Å². The summed E-state index contributed by atoms with van der Waals surface area (Å²) >= 11 is 0. The van der Waals surface area contributed by atoms with E-state index in [1.165, 1.54) is 25.7 Å². The molecule has 0 aliphatic carbocycles. The molecule has 1 amide bonds. The molecule has 2 fully saturated rings. The summed E-state index contributed by atoms with van der Waals surface area (Å²) in [5, 5.41) is 6.80. The number of carbonyl (C=O) groups excluding carboxylic acids is 1. The molecule has 4 unspecified atom stereocenters. The fourth-order valence-electron chi connectivity index (χ4n) is 3.41. The lowest BCUT2D eigenvalue weighted by atomic mass is 9.89. The Balaban J connectivity index is 0.00000180. The fraction of sp³-hybridized carbons (Fsp3) is 0.933. The van der Waals surface area contributed by atoms with E-state index in [2.05, 4.69) is 31.4 Å². The van der Waals surface area contributed by atoms with E-state index in [9.17, 15) is 4.79 Å². The molecule has 0 aromatic heterocycles. The molecule has 3 nitrogen and oxygen atoms in total. The van der Waals surface area contributed by atoms with Gasteiger partial charge in [0.15, 0.2) is 0 Å². The molecule has 2 N–H and O–H groups in total. The fourth-order valence-corrected chi connectivity index (χ4v) is 3.41. The van der Waals surface area contributed by atoms with Gasteiger partial charge in [0.2, 0.25) is 5.91 Å². The first kappa shape index (κ1) is 16.8. The first-order valence-corrected chi connectivity index (χ1v) is 7.63.